The van der Waals surface area contributed by atoms with Crippen molar-refractivity contribution in [1.82, 2.24) is 0 Å². The van der Waals surface area contributed by atoms with Gasteiger partial charge in [-0.1, -0.05) is 43.1 Å². The van der Waals surface area contributed by atoms with Crippen molar-refractivity contribution in [3.63, 3.8) is 0 Å². The summed E-state index contributed by atoms with van der Waals surface area (Å²) in [6, 6.07) is 8.20. The summed E-state index contributed by atoms with van der Waals surface area (Å²) in [5.74, 6) is -0.397. The minimum atomic E-state index is -0.397. The molecule has 0 unspecified atom stereocenters. The van der Waals surface area contributed by atoms with Crippen molar-refractivity contribution in [2.75, 3.05) is 0 Å². The molecule has 1 aromatic rings. The SMILES string of the molecule is CCCC(C#N)=C(Cl)c1ccccc1F. The van der Waals surface area contributed by atoms with Crippen LogP contribution in [0.3, 0.4) is 0 Å². The molecule has 0 aliphatic rings. The largest absolute Gasteiger partial charge is 0.206 e. The highest BCUT2D eigenvalue weighted by Crippen LogP contribution is 2.27. The molecule has 1 rings (SSSR count). The molecule has 1 nitrogen and oxygen atoms in total. The molecule has 3 heteroatoms. The Hall–Kier alpha value is -1.33. The second-order valence-corrected chi connectivity index (χ2v) is 3.51. The van der Waals surface area contributed by atoms with Crippen LogP contribution >= 0.6 is 11.6 Å². The quantitative estimate of drug-likeness (QED) is 0.708. The van der Waals surface area contributed by atoms with Crippen LogP contribution in [0.2, 0.25) is 0 Å². The summed E-state index contributed by atoms with van der Waals surface area (Å²) in [5.41, 5.74) is 0.730. The van der Waals surface area contributed by atoms with E-state index >= 15 is 0 Å². The Morgan fingerprint density at radius 3 is 2.67 bits per heavy atom. The van der Waals surface area contributed by atoms with Crippen LogP contribution in [0.4, 0.5) is 4.39 Å². The zero-order valence-corrected chi connectivity index (χ0v) is 9.18. The molecule has 0 aliphatic carbocycles. The van der Waals surface area contributed by atoms with E-state index in [1.165, 1.54) is 6.07 Å². The molecule has 0 radical (unpaired) electrons. The Kier molecular flexibility index (Phi) is 4.33. The van der Waals surface area contributed by atoms with Crippen molar-refractivity contribution in [2.24, 2.45) is 0 Å². The normalized spacial score (nSPS) is 11.9. The summed E-state index contributed by atoms with van der Waals surface area (Å²) in [4.78, 5) is 0. The molecule has 0 saturated carbocycles. The van der Waals surface area contributed by atoms with Gasteiger partial charge in [0, 0.05) is 11.1 Å². The summed E-state index contributed by atoms with van der Waals surface area (Å²) < 4.78 is 13.3. The molecule has 0 atom stereocenters. The number of benzene rings is 1. The average molecular weight is 224 g/mol. The van der Waals surface area contributed by atoms with E-state index in [1.54, 1.807) is 18.2 Å². The molecule has 0 fully saturated rings. The molecule has 0 aliphatic heterocycles. The molecular weight excluding hydrogens is 213 g/mol. The third-order valence-electron chi connectivity index (χ3n) is 2.01. The van der Waals surface area contributed by atoms with Crippen molar-refractivity contribution in [2.45, 2.75) is 19.8 Å². The molecular formula is C12H11ClFN. The van der Waals surface area contributed by atoms with Crippen LogP contribution in [0.15, 0.2) is 29.8 Å². The zero-order valence-electron chi connectivity index (χ0n) is 8.43. The highest BCUT2D eigenvalue weighted by atomic mass is 35.5. The van der Waals surface area contributed by atoms with Crippen LogP contribution in [-0.2, 0) is 0 Å². The smallest absolute Gasteiger partial charge is 0.131 e. The van der Waals surface area contributed by atoms with Gasteiger partial charge in [-0.25, -0.2) is 4.39 Å². The van der Waals surface area contributed by atoms with Crippen LogP contribution < -0.4 is 0 Å². The van der Waals surface area contributed by atoms with E-state index in [0.717, 1.165) is 6.42 Å². The van der Waals surface area contributed by atoms with Gasteiger partial charge in [0.2, 0.25) is 0 Å². The lowest BCUT2D eigenvalue weighted by Gasteiger charge is -2.03. The van der Waals surface area contributed by atoms with Crippen LogP contribution in [0.5, 0.6) is 0 Å². The zero-order chi connectivity index (χ0) is 11.3. The Balaban J connectivity index is 3.18. The molecule has 0 spiro atoms. The monoisotopic (exact) mass is 223 g/mol. The third-order valence-corrected chi connectivity index (χ3v) is 2.44. The lowest BCUT2D eigenvalue weighted by molar-refractivity contribution is 0.624. The summed E-state index contributed by atoms with van der Waals surface area (Å²) in [6.45, 7) is 1.95. The van der Waals surface area contributed by atoms with Gasteiger partial charge in [-0.2, -0.15) is 5.26 Å². The Morgan fingerprint density at radius 2 is 2.13 bits per heavy atom. The fourth-order valence-electron chi connectivity index (χ4n) is 1.27. The Morgan fingerprint density at radius 1 is 1.47 bits per heavy atom. The van der Waals surface area contributed by atoms with E-state index in [2.05, 4.69) is 0 Å². The first-order valence-corrected chi connectivity index (χ1v) is 5.12. The van der Waals surface area contributed by atoms with Crippen molar-refractivity contribution >= 4 is 16.6 Å². The van der Waals surface area contributed by atoms with Crippen LogP contribution in [0.1, 0.15) is 25.3 Å². The van der Waals surface area contributed by atoms with Crippen molar-refractivity contribution in [1.29, 1.82) is 5.26 Å². The van der Waals surface area contributed by atoms with E-state index < -0.39 is 5.82 Å². The molecule has 0 aromatic heterocycles. The predicted molar refractivity (Wildman–Crippen MR) is 59.7 cm³/mol. The summed E-state index contributed by atoms with van der Waals surface area (Å²) in [6.07, 6.45) is 1.39. The van der Waals surface area contributed by atoms with Crippen molar-refractivity contribution < 1.29 is 4.39 Å². The van der Waals surface area contributed by atoms with Gasteiger partial charge in [0.05, 0.1) is 11.1 Å². The highest BCUT2D eigenvalue weighted by Gasteiger charge is 2.09. The van der Waals surface area contributed by atoms with Gasteiger partial charge in [-0.15, -0.1) is 0 Å². The van der Waals surface area contributed by atoms with Gasteiger partial charge in [0.15, 0.2) is 0 Å². The second kappa shape index (κ2) is 5.53. The van der Waals surface area contributed by atoms with Gasteiger partial charge in [0.1, 0.15) is 5.82 Å². The van der Waals surface area contributed by atoms with Crippen molar-refractivity contribution in [3.05, 3.63) is 41.2 Å². The first-order valence-electron chi connectivity index (χ1n) is 4.74. The molecule has 0 amide bonds. The first kappa shape index (κ1) is 11.7. The molecule has 0 saturated heterocycles. The predicted octanol–water partition coefficient (Wildman–Crippen LogP) is 4.10. The Bertz CT molecular complexity index is 418. The van der Waals surface area contributed by atoms with Gasteiger partial charge in [0.25, 0.3) is 0 Å². The average Bonchev–Trinajstić information content (AvgIpc) is 2.25. The van der Waals surface area contributed by atoms with Gasteiger partial charge < -0.3 is 0 Å². The maximum Gasteiger partial charge on any atom is 0.131 e. The van der Waals surface area contributed by atoms with Crippen LogP contribution in [-0.4, -0.2) is 0 Å². The number of hydrogen-bond acceptors (Lipinski definition) is 1. The van der Waals surface area contributed by atoms with Gasteiger partial charge >= 0.3 is 0 Å². The summed E-state index contributed by atoms with van der Waals surface area (Å²) in [7, 11) is 0. The van der Waals surface area contributed by atoms with Crippen molar-refractivity contribution in [3.8, 4) is 6.07 Å². The lowest BCUT2D eigenvalue weighted by Crippen LogP contribution is -1.89. The number of rotatable bonds is 3. The minimum absolute atomic E-state index is 0.220. The van der Waals surface area contributed by atoms with E-state index in [0.29, 0.717) is 17.6 Å². The van der Waals surface area contributed by atoms with Gasteiger partial charge in [-0.05, 0) is 12.5 Å². The van der Waals surface area contributed by atoms with E-state index in [9.17, 15) is 4.39 Å². The van der Waals surface area contributed by atoms with E-state index in [-0.39, 0.29) is 5.03 Å². The summed E-state index contributed by atoms with van der Waals surface area (Å²) in [5, 5.41) is 9.08. The maximum atomic E-state index is 13.3. The topological polar surface area (TPSA) is 23.8 Å². The molecule has 0 heterocycles. The minimum Gasteiger partial charge on any atom is -0.206 e. The molecule has 1 aromatic carbocycles. The number of nitriles is 1. The number of halogens is 2. The Labute approximate surface area is 93.8 Å². The maximum absolute atomic E-state index is 13.3. The molecule has 78 valence electrons. The van der Waals surface area contributed by atoms with Crippen LogP contribution in [0.25, 0.3) is 5.03 Å². The van der Waals surface area contributed by atoms with E-state index in [1.807, 2.05) is 13.0 Å². The molecule has 15 heavy (non-hydrogen) atoms. The standard InChI is InChI=1S/C12H11ClFN/c1-2-5-9(8-15)12(13)10-6-3-4-7-11(10)14/h3-4,6-7H,2,5H2,1H3. The van der Waals surface area contributed by atoms with Gasteiger partial charge in [-0.3, -0.25) is 0 Å². The van der Waals surface area contributed by atoms with E-state index in [4.69, 9.17) is 16.9 Å². The third kappa shape index (κ3) is 2.81. The number of hydrogen-bond donors (Lipinski definition) is 0. The number of nitrogens with zero attached hydrogens (tertiary/aromatic N) is 1. The fraction of sp³-hybridized carbons (Fsp3) is 0.250. The summed E-state index contributed by atoms with van der Waals surface area (Å²) >= 11 is 5.97. The lowest BCUT2D eigenvalue weighted by atomic mass is 10.1. The highest BCUT2D eigenvalue weighted by molar-refractivity contribution is 6.49. The molecule has 0 bridgehead atoms. The first-order chi connectivity index (χ1) is 7.20. The molecule has 0 N–H and O–H groups in total. The fourth-order valence-corrected chi connectivity index (χ4v) is 1.56. The number of allylic oxidation sites excluding steroid dienone is 1. The second-order valence-electron chi connectivity index (χ2n) is 3.13. The van der Waals surface area contributed by atoms with Crippen LogP contribution in [0, 0.1) is 17.1 Å².